The molecule has 0 saturated heterocycles. The summed E-state index contributed by atoms with van der Waals surface area (Å²) >= 11 is 0. The Morgan fingerprint density at radius 3 is 2.73 bits per heavy atom. The van der Waals surface area contributed by atoms with Gasteiger partial charge in [-0.25, -0.2) is 8.91 Å². The van der Waals surface area contributed by atoms with Crippen LogP contribution in [0.2, 0.25) is 0 Å². The summed E-state index contributed by atoms with van der Waals surface area (Å²) in [4.78, 5) is 11.3. The first-order valence-electron chi connectivity index (χ1n) is 6.28. The summed E-state index contributed by atoms with van der Waals surface area (Å²) in [5.41, 5.74) is 13.2. The molecule has 2 aromatic heterocycles. The van der Waals surface area contributed by atoms with Crippen LogP contribution in [0.1, 0.15) is 15.9 Å². The predicted octanol–water partition coefficient (Wildman–Crippen LogP) is 1.69. The second-order valence-electron chi connectivity index (χ2n) is 4.70. The van der Waals surface area contributed by atoms with Crippen molar-refractivity contribution in [3.05, 3.63) is 53.6 Å². The summed E-state index contributed by atoms with van der Waals surface area (Å²) < 4.78 is 15.2. The van der Waals surface area contributed by atoms with Gasteiger partial charge >= 0.3 is 0 Å². The van der Waals surface area contributed by atoms with Gasteiger partial charge in [-0.3, -0.25) is 4.79 Å². The fourth-order valence-electron chi connectivity index (χ4n) is 2.22. The number of carbonyl (C=O) groups excluding carboxylic acids is 1. The minimum Gasteiger partial charge on any atom is -0.396 e. The molecule has 0 unspecified atom stereocenters. The molecule has 0 radical (unpaired) electrons. The minimum absolute atomic E-state index is 0.0267. The fraction of sp³-hybridized carbons (Fsp3) is 0. The normalized spacial score (nSPS) is 10.5. The summed E-state index contributed by atoms with van der Waals surface area (Å²) in [5.74, 6) is -1.27. The average Bonchev–Trinajstić information content (AvgIpc) is 2.92. The summed E-state index contributed by atoms with van der Waals surface area (Å²) in [5, 5.41) is 12.8. The Kier molecular flexibility index (Phi) is 3.00. The summed E-state index contributed by atoms with van der Waals surface area (Å²) in [7, 11) is 0. The zero-order valence-corrected chi connectivity index (χ0v) is 11.2. The van der Waals surface area contributed by atoms with Crippen LogP contribution in [0.5, 0.6) is 0 Å². The molecule has 1 aromatic carbocycles. The number of hydrogen-bond donors (Lipinski definition) is 2. The second-order valence-corrected chi connectivity index (χ2v) is 4.70. The van der Waals surface area contributed by atoms with Crippen LogP contribution in [-0.4, -0.2) is 15.5 Å². The molecule has 0 bridgehead atoms. The van der Waals surface area contributed by atoms with Gasteiger partial charge in [0.25, 0.3) is 5.91 Å². The number of fused-ring (bicyclic) bond motifs is 1. The number of halogens is 1. The van der Waals surface area contributed by atoms with E-state index in [0.29, 0.717) is 16.6 Å². The zero-order chi connectivity index (χ0) is 15.9. The third-order valence-electron chi connectivity index (χ3n) is 3.37. The topological polar surface area (TPSA) is 110 Å². The van der Waals surface area contributed by atoms with Crippen molar-refractivity contribution in [2.24, 2.45) is 5.73 Å². The Labute approximate surface area is 124 Å². The number of hydrogen-bond acceptors (Lipinski definition) is 4. The summed E-state index contributed by atoms with van der Waals surface area (Å²) in [6.45, 7) is 0. The third-order valence-corrected chi connectivity index (χ3v) is 3.37. The van der Waals surface area contributed by atoms with E-state index in [1.165, 1.54) is 22.8 Å². The highest BCUT2D eigenvalue weighted by Crippen LogP contribution is 2.27. The van der Waals surface area contributed by atoms with Gasteiger partial charge < -0.3 is 11.5 Å². The van der Waals surface area contributed by atoms with Gasteiger partial charge in [0.1, 0.15) is 11.9 Å². The van der Waals surface area contributed by atoms with Gasteiger partial charge in [-0.1, -0.05) is 6.07 Å². The number of amides is 1. The molecule has 6 nitrogen and oxygen atoms in total. The van der Waals surface area contributed by atoms with Crippen molar-refractivity contribution >= 4 is 17.1 Å². The Hall–Kier alpha value is -3.40. The Morgan fingerprint density at radius 2 is 2.09 bits per heavy atom. The molecule has 3 aromatic rings. The van der Waals surface area contributed by atoms with Crippen molar-refractivity contribution in [2.45, 2.75) is 0 Å². The van der Waals surface area contributed by atoms with Gasteiger partial charge in [-0.2, -0.15) is 10.4 Å². The van der Waals surface area contributed by atoms with Crippen LogP contribution in [-0.2, 0) is 0 Å². The molecule has 7 heteroatoms. The van der Waals surface area contributed by atoms with Crippen LogP contribution in [0.15, 0.2) is 36.7 Å². The highest BCUT2D eigenvalue weighted by molar-refractivity contribution is 6.01. The van der Waals surface area contributed by atoms with Gasteiger partial charge in [-0.05, 0) is 23.8 Å². The SMILES string of the molecule is N#Cc1ccc(-c2cc3c(N)c(C(N)=O)cnn3c2)cc1F. The molecule has 0 spiro atoms. The Morgan fingerprint density at radius 1 is 1.32 bits per heavy atom. The number of primary amides is 1. The van der Waals surface area contributed by atoms with Crippen molar-refractivity contribution < 1.29 is 9.18 Å². The third kappa shape index (κ3) is 2.03. The fourth-order valence-corrected chi connectivity index (χ4v) is 2.22. The number of nitriles is 1. The number of nitrogens with zero attached hydrogens (tertiary/aromatic N) is 3. The Balaban J connectivity index is 2.17. The molecular weight excluding hydrogens is 285 g/mol. The van der Waals surface area contributed by atoms with Crippen molar-refractivity contribution in [3.63, 3.8) is 0 Å². The predicted molar refractivity (Wildman–Crippen MR) is 78.2 cm³/mol. The van der Waals surface area contributed by atoms with E-state index in [1.54, 1.807) is 24.4 Å². The minimum atomic E-state index is -0.667. The van der Waals surface area contributed by atoms with Crippen molar-refractivity contribution in [3.8, 4) is 17.2 Å². The molecule has 0 atom stereocenters. The van der Waals surface area contributed by atoms with Gasteiger partial charge in [0.15, 0.2) is 0 Å². The lowest BCUT2D eigenvalue weighted by atomic mass is 10.1. The largest absolute Gasteiger partial charge is 0.396 e. The van der Waals surface area contributed by atoms with Gasteiger partial charge in [0.05, 0.1) is 28.5 Å². The molecular formula is C15H10FN5O. The maximum Gasteiger partial charge on any atom is 0.252 e. The standard InChI is InChI=1S/C15H10FN5O/c16-12-3-8(1-2-9(12)5-17)10-4-13-14(18)11(15(19)22)6-20-21(13)7-10/h1-4,6-7H,18H2,(H2,19,22). The highest BCUT2D eigenvalue weighted by atomic mass is 19.1. The van der Waals surface area contributed by atoms with E-state index in [4.69, 9.17) is 16.7 Å². The first kappa shape index (κ1) is 13.6. The maximum atomic E-state index is 13.7. The van der Waals surface area contributed by atoms with E-state index >= 15 is 0 Å². The molecule has 3 rings (SSSR count). The molecule has 0 aliphatic heterocycles. The zero-order valence-electron chi connectivity index (χ0n) is 11.2. The van der Waals surface area contributed by atoms with Crippen molar-refractivity contribution in [2.75, 3.05) is 5.73 Å². The van der Waals surface area contributed by atoms with Crippen LogP contribution in [0, 0.1) is 17.1 Å². The van der Waals surface area contributed by atoms with E-state index in [-0.39, 0.29) is 16.8 Å². The number of anilines is 1. The quantitative estimate of drug-likeness (QED) is 0.749. The molecule has 0 fully saturated rings. The number of nitrogen functional groups attached to an aromatic ring is 1. The summed E-state index contributed by atoms with van der Waals surface area (Å²) in [6.07, 6.45) is 2.94. The average molecular weight is 295 g/mol. The molecule has 4 N–H and O–H groups in total. The number of aromatic nitrogens is 2. The smallest absolute Gasteiger partial charge is 0.252 e. The van der Waals surface area contributed by atoms with Gasteiger partial charge in [0, 0.05) is 11.8 Å². The molecule has 108 valence electrons. The van der Waals surface area contributed by atoms with E-state index < -0.39 is 11.7 Å². The van der Waals surface area contributed by atoms with Crippen LogP contribution < -0.4 is 11.5 Å². The number of rotatable bonds is 2. The van der Waals surface area contributed by atoms with Crippen molar-refractivity contribution in [1.29, 1.82) is 5.26 Å². The lowest BCUT2D eigenvalue weighted by Gasteiger charge is -2.02. The van der Waals surface area contributed by atoms with E-state index in [2.05, 4.69) is 5.10 Å². The molecule has 2 heterocycles. The Bertz CT molecular complexity index is 954. The number of carbonyl (C=O) groups is 1. The molecule has 0 saturated carbocycles. The first-order valence-corrected chi connectivity index (χ1v) is 6.28. The van der Waals surface area contributed by atoms with Gasteiger partial charge in [-0.15, -0.1) is 0 Å². The van der Waals surface area contributed by atoms with E-state index in [9.17, 15) is 9.18 Å². The van der Waals surface area contributed by atoms with Crippen molar-refractivity contribution in [1.82, 2.24) is 9.61 Å². The lowest BCUT2D eigenvalue weighted by Crippen LogP contribution is -2.15. The molecule has 1 amide bonds. The maximum absolute atomic E-state index is 13.7. The lowest BCUT2D eigenvalue weighted by molar-refractivity contribution is 0.100. The second kappa shape index (κ2) is 4.86. The van der Waals surface area contributed by atoms with E-state index in [0.717, 1.165) is 0 Å². The monoisotopic (exact) mass is 295 g/mol. The first-order chi connectivity index (χ1) is 10.5. The van der Waals surface area contributed by atoms with Crippen LogP contribution >= 0.6 is 0 Å². The van der Waals surface area contributed by atoms with Crippen LogP contribution in [0.4, 0.5) is 10.1 Å². The molecule has 0 aliphatic carbocycles. The van der Waals surface area contributed by atoms with Gasteiger partial charge in [0.2, 0.25) is 0 Å². The molecule has 0 aliphatic rings. The number of nitrogens with two attached hydrogens (primary N) is 2. The molecule has 22 heavy (non-hydrogen) atoms. The van der Waals surface area contributed by atoms with Crippen LogP contribution in [0.25, 0.3) is 16.6 Å². The highest BCUT2D eigenvalue weighted by Gasteiger charge is 2.13. The number of benzene rings is 1. The summed E-state index contributed by atoms with van der Waals surface area (Å²) in [6, 6.07) is 7.73. The van der Waals surface area contributed by atoms with Crippen LogP contribution in [0.3, 0.4) is 0 Å². The van der Waals surface area contributed by atoms with E-state index in [1.807, 2.05) is 0 Å².